The van der Waals surface area contributed by atoms with E-state index in [1.54, 1.807) is 25.1 Å². The molecule has 3 aromatic rings. The number of halogens is 2. The van der Waals surface area contributed by atoms with Crippen LogP contribution < -0.4 is 10.2 Å². The van der Waals surface area contributed by atoms with Gasteiger partial charge in [-0.2, -0.15) is 9.78 Å². The first-order valence-corrected chi connectivity index (χ1v) is 10.2. The van der Waals surface area contributed by atoms with Gasteiger partial charge in [-0.1, -0.05) is 12.1 Å². The van der Waals surface area contributed by atoms with Gasteiger partial charge in [0.15, 0.2) is 0 Å². The van der Waals surface area contributed by atoms with Crippen LogP contribution in [0.1, 0.15) is 22.4 Å². The summed E-state index contributed by atoms with van der Waals surface area (Å²) < 4.78 is 20.2. The molecule has 11 heteroatoms. The Hall–Kier alpha value is -3.60. The number of carbonyl (C=O) groups excluding carboxylic acids is 1. The molecule has 32 heavy (non-hydrogen) atoms. The Morgan fingerprint density at radius 3 is 2.69 bits per heavy atom. The molecule has 166 valence electrons. The lowest BCUT2D eigenvalue weighted by molar-refractivity contribution is -0.390. The molecule has 0 spiro atoms. The molecule has 0 saturated heterocycles. The van der Waals surface area contributed by atoms with E-state index in [1.165, 1.54) is 42.3 Å². The van der Waals surface area contributed by atoms with Gasteiger partial charge in [0.25, 0.3) is 0 Å². The summed E-state index contributed by atoms with van der Waals surface area (Å²) in [6, 6.07) is 10.9. The van der Waals surface area contributed by atoms with Gasteiger partial charge in [0.2, 0.25) is 5.91 Å². The van der Waals surface area contributed by atoms with Gasteiger partial charge in [-0.15, -0.1) is 0 Å². The Labute approximate surface area is 191 Å². The SMILES string of the molecule is COc1ccc(C=NNC(=O)Cc2ccc(F)cc2)cc1Cn1nc([N+](=O)[O-])c(Br)c1C. The number of hydrogen-bond acceptors (Lipinski definition) is 6. The smallest absolute Gasteiger partial charge is 0.404 e. The number of nitro groups is 1. The Bertz CT molecular complexity index is 1180. The fraction of sp³-hybridized carbons (Fsp3) is 0.190. The minimum atomic E-state index is -0.553. The van der Waals surface area contributed by atoms with E-state index < -0.39 is 4.92 Å². The summed E-state index contributed by atoms with van der Waals surface area (Å²) in [5.41, 5.74) is 5.11. The Morgan fingerprint density at radius 1 is 1.34 bits per heavy atom. The Balaban J connectivity index is 1.72. The van der Waals surface area contributed by atoms with Crippen LogP contribution in [0.25, 0.3) is 0 Å². The van der Waals surface area contributed by atoms with Crippen LogP contribution in [0.2, 0.25) is 0 Å². The van der Waals surface area contributed by atoms with Gasteiger partial charge in [0.1, 0.15) is 16.0 Å². The molecule has 0 bridgehead atoms. The largest absolute Gasteiger partial charge is 0.496 e. The maximum Gasteiger partial charge on any atom is 0.404 e. The number of hydrazone groups is 1. The zero-order chi connectivity index (χ0) is 23.3. The van der Waals surface area contributed by atoms with Gasteiger partial charge < -0.3 is 14.9 Å². The predicted molar refractivity (Wildman–Crippen MR) is 119 cm³/mol. The summed E-state index contributed by atoms with van der Waals surface area (Å²) in [4.78, 5) is 22.6. The van der Waals surface area contributed by atoms with Crippen LogP contribution in [-0.2, 0) is 17.8 Å². The monoisotopic (exact) mass is 503 g/mol. The maximum atomic E-state index is 12.9. The van der Waals surface area contributed by atoms with E-state index in [-0.39, 0.29) is 30.5 Å². The minimum absolute atomic E-state index is 0.0672. The average molecular weight is 504 g/mol. The minimum Gasteiger partial charge on any atom is -0.496 e. The molecule has 0 aliphatic rings. The summed E-state index contributed by atoms with van der Waals surface area (Å²) in [5.74, 6) is -0.389. The van der Waals surface area contributed by atoms with E-state index >= 15 is 0 Å². The zero-order valence-corrected chi connectivity index (χ0v) is 18.8. The van der Waals surface area contributed by atoms with E-state index in [4.69, 9.17) is 4.74 Å². The van der Waals surface area contributed by atoms with Crippen LogP contribution >= 0.6 is 15.9 Å². The quantitative estimate of drug-likeness (QED) is 0.285. The van der Waals surface area contributed by atoms with E-state index in [0.717, 1.165) is 5.56 Å². The Morgan fingerprint density at radius 2 is 2.06 bits per heavy atom. The van der Waals surface area contributed by atoms with Gasteiger partial charge in [-0.25, -0.2) is 9.82 Å². The third kappa shape index (κ3) is 5.55. The molecule has 0 atom stereocenters. The van der Waals surface area contributed by atoms with Crippen molar-refractivity contribution >= 4 is 33.9 Å². The van der Waals surface area contributed by atoms with Crippen LogP contribution in [0.5, 0.6) is 5.75 Å². The van der Waals surface area contributed by atoms with Gasteiger partial charge >= 0.3 is 5.82 Å². The second-order valence-electron chi connectivity index (χ2n) is 6.81. The molecule has 0 fully saturated rings. The first-order valence-electron chi connectivity index (χ1n) is 9.39. The highest BCUT2D eigenvalue weighted by molar-refractivity contribution is 9.10. The van der Waals surface area contributed by atoms with Gasteiger partial charge in [-0.05, 0) is 69.2 Å². The standard InChI is InChI=1S/C21H19BrFN5O4/c1-13-20(22)21(28(30)31)26-27(13)12-16-9-15(5-8-18(16)32-2)11-24-25-19(29)10-14-3-6-17(23)7-4-14/h3-9,11H,10,12H2,1-2H3,(H,25,29). The predicted octanol–water partition coefficient (Wildman–Crippen LogP) is 3.75. The molecule has 0 saturated carbocycles. The molecule has 0 unspecified atom stereocenters. The third-order valence-corrected chi connectivity index (χ3v) is 5.52. The van der Waals surface area contributed by atoms with Crippen molar-refractivity contribution in [1.29, 1.82) is 0 Å². The second-order valence-corrected chi connectivity index (χ2v) is 7.60. The molecular formula is C21H19BrFN5O4. The average Bonchev–Trinajstić information content (AvgIpc) is 3.04. The first-order chi connectivity index (χ1) is 15.3. The number of hydrogen-bond donors (Lipinski definition) is 1. The van der Waals surface area contributed by atoms with Crippen molar-refractivity contribution in [2.45, 2.75) is 19.9 Å². The molecule has 1 amide bonds. The fourth-order valence-electron chi connectivity index (χ4n) is 2.95. The Kier molecular flexibility index (Phi) is 7.31. The first kappa shape index (κ1) is 23.1. The normalized spacial score (nSPS) is 11.0. The number of benzene rings is 2. The van der Waals surface area contributed by atoms with Crippen molar-refractivity contribution in [3.8, 4) is 5.75 Å². The zero-order valence-electron chi connectivity index (χ0n) is 17.2. The molecule has 1 aromatic heterocycles. The number of methoxy groups -OCH3 is 1. The van der Waals surface area contributed by atoms with Crippen molar-refractivity contribution in [2.24, 2.45) is 5.10 Å². The summed E-state index contributed by atoms with van der Waals surface area (Å²) in [6.07, 6.45) is 1.54. The van der Waals surface area contributed by atoms with Gasteiger partial charge in [0.05, 0.1) is 37.1 Å². The van der Waals surface area contributed by atoms with Crippen LogP contribution in [0.15, 0.2) is 52.0 Å². The molecule has 0 aliphatic carbocycles. The number of nitrogens with one attached hydrogen (secondary N) is 1. The highest BCUT2D eigenvalue weighted by Gasteiger charge is 2.24. The summed E-state index contributed by atoms with van der Waals surface area (Å²) in [7, 11) is 1.52. The van der Waals surface area contributed by atoms with Gasteiger partial charge in [-0.3, -0.25) is 4.79 Å². The van der Waals surface area contributed by atoms with E-state index in [1.807, 2.05) is 0 Å². The number of carbonyl (C=O) groups is 1. The molecule has 1 heterocycles. The van der Waals surface area contributed by atoms with E-state index in [0.29, 0.717) is 27.0 Å². The highest BCUT2D eigenvalue weighted by Crippen LogP contribution is 2.29. The molecule has 0 aliphatic heterocycles. The number of aromatic nitrogens is 2. The summed E-state index contributed by atoms with van der Waals surface area (Å²) in [5, 5.41) is 19.1. The van der Waals surface area contributed by atoms with E-state index in [2.05, 4.69) is 31.6 Å². The van der Waals surface area contributed by atoms with Crippen molar-refractivity contribution in [3.63, 3.8) is 0 Å². The van der Waals surface area contributed by atoms with Gasteiger partial charge in [0, 0.05) is 5.56 Å². The maximum absolute atomic E-state index is 12.9. The van der Waals surface area contributed by atoms with Crippen molar-refractivity contribution < 1.29 is 18.8 Å². The number of nitrogens with zero attached hydrogens (tertiary/aromatic N) is 4. The number of rotatable bonds is 8. The fourth-order valence-corrected chi connectivity index (χ4v) is 3.38. The highest BCUT2D eigenvalue weighted by atomic mass is 79.9. The van der Waals surface area contributed by atoms with Crippen LogP contribution in [0.3, 0.4) is 0 Å². The van der Waals surface area contributed by atoms with Crippen LogP contribution in [0.4, 0.5) is 10.2 Å². The molecule has 2 aromatic carbocycles. The lowest BCUT2D eigenvalue weighted by Gasteiger charge is -2.09. The van der Waals surface area contributed by atoms with Crippen LogP contribution in [0, 0.1) is 22.9 Å². The van der Waals surface area contributed by atoms with Crippen LogP contribution in [-0.4, -0.2) is 33.9 Å². The lowest BCUT2D eigenvalue weighted by atomic mass is 10.1. The third-order valence-electron chi connectivity index (χ3n) is 4.59. The molecule has 3 rings (SSSR count). The van der Waals surface area contributed by atoms with E-state index in [9.17, 15) is 19.3 Å². The second kappa shape index (κ2) is 10.1. The lowest BCUT2D eigenvalue weighted by Crippen LogP contribution is -2.19. The number of ether oxygens (including phenoxy) is 1. The van der Waals surface area contributed by atoms with Crippen molar-refractivity contribution in [1.82, 2.24) is 15.2 Å². The molecule has 0 radical (unpaired) electrons. The topological polar surface area (TPSA) is 112 Å². The molecule has 1 N–H and O–H groups in total. The molecular weight excluding hydrogens is 485 g/mol. The summed E-state index contributed by atoms with van der Waals surface area (Å²) >= 11 is 3.20. The van der Waals surface area contributed by atoms with Crippen molar-refractivity contribution in [3.05, 3.63) is 85.3 Å². The molecule has 9 nitrogen and oxygen atoms in total. The number of amides is 1. The van der Waals surface area contributed by atoms with Crippen molar-refractivity contribution in [2.75, 3.05) is 7.11 Å². The summed E-state index contributed by atoms with van der Waals surface area (Å²) in [6.45, 7) is 1.96.